The zero-order chi connectivity index (χ0) is 20.3. The monoisotopic (exact) mass is 391 g/mol. The Morgan fingerprint density at radius 1 is 1.21 bits per heavy atom. The molecule has 0 radical (unpaired) electrons. The van der Waals surface area contributed by atoms with Crippen molar-refractivity contribution >= 4 is 11.7 Å². The van der Waals surface area contributed by atoms with Crippen molar-refractivity contribution in [3.05, 3.63) is 53.7 Å². The Kier molecular flexibility index (Phi) is 5.25. The van der Waals surface area contributed by atoms with Crippen molar-refractivity contribution in [3.8, 4) is 11.3 Å². The summed E-state index contributed by atoms with van der Waals surface area (Å²) in [7, 11) is 1.40. The molecule has 0 aliphatic carbocycles. The highest BCUT2D eigenvalue weighted by Crippen LogP contribution is 2.36. The van der Waals surface area contributed by atoms with Crippen LogP contribution in [0.1, 0.15) is 17.0 Å². The van der Waals surface area contributed by atoms with Gasteiger partial charge in [0, 0.05) is 31.3 Å². The summed E-state index contributed by atoms with van der Waals surface area (Å²) in [4.78, 5) is 15.7. The number of nitrogens with one attached hydrogen (secondary N) is 2. The van der Waals surface area contributed by atoms with E-state index in [0.717, 1.165) is 4.68 Å². The Bertz CT molecular complexity index is 986. The standard InChI is InChI=1S/C17H16F3N7O/c1-10-7-12(8-22-16(28)23-11-3-5-21-6-4-11)24-25-14(10)13-9-27(2)26-15(13)17(18,19)20/h3-7,9H,8H2,1-2H3,(H2,21,22,23,28). The lowest BCUT2D eigenvalue weighted by molar-refractivity contribution is -0.141. The van der Waals surface area contributed by atoms with Crippen molar-refractivity contribution in [2.24, 2.45) is 7.05 Å². The van der Waals surface area contributed by atoms with Crippen LogP contribution in [0.25, 0.3) is 11.3 Å². The van der Waals surface area contributed by atoms with Crippen LogP contribution >= 0.6 is 0 Å². The number of carbonyl (C=O) groups excluding carboxylic acids is 1. The molecule has 0 unspecified atom stereocenters. The molecule has 0 atom stereocenters. The van der Waals surface area contributed by atoms with E-state index in [0.29, 0.717) is 16.9 Å². The summed E-state index contributed by atoms with van der Waals surface area (Å²) in [5.41, 5.74) is 0.389. The maximum absolute atomic E-state index is 13.2. The summed E-state index contributed by atoms with van der Waals surface area (Å²) in [6.45, 7) is 1.68. The molecule has 3 rings (SSSR count). The average molecular weight is 391 g/mol. The number of alkyl halides is 3. The largest absolute Gasteiger partial charge is 0.435 e. The summed E-state index contributed by atoms with van der Waals surface area (Å²) in [5, 5.41) is 16.5. The zero-order valence-corrected chi connectivity index (χ0v) is 14.9. The molecule has 0 bridgehead atoms. The molecule has 146 valence electrons. The Morgan fingerprint density at radius 2 is 1.93 bits per heavy atom. The van der Waals surface area contributed by atoms with E-state index in [4.69, 9.17) is 0 Å². The van der Waals surface area contributed by atoms with Gasteiger partial charge in [0.2, 0.25) is 0 Å². The van der Waals surface area contributed by atoms with Gasteiger partial charge in [0.15, 0.2) is 5.69 Å². The fourth-order valence-electron chi connectivity index (χ4n) is 2.55. The Balaban J connectivity index is 1.72. The minimum Gasteiger partial charge on any atom is -0.332 e. The fraction of sp³-hybridized carbons (Fsp3) is 0.235. The van der Waals surface area contributed by atoms with Crippen molar-refractivity contribution in [1.82, 2.24) is 30.3 Å². The summed E-state index contributed by atoms with van der Waals surface area (Å²) in [6.07, 6.45) is -0.274. The molecule has 2 amide bonds. The number of aryl methyl sites for hydroxylation is 2. The quantitative estimate of drug-likeness (QED) is 0.713. The summed E-state index contributed by atoms with van der Waals surface area (Å²) in [5.74, 6) is 0. The van der Waals surface area contributed by atoms with Gasteiger partial charge in [-0.25, -0.2) is 4.79 Å². The zero-order valence-electron chi connectivity index (χ0n) is 14.9. The van der Waals surface area contributed by atoms with Crippen molar-refractivity contribution in [2.75, 3.05) is 5.32 Å². The van der Waals surface area contributed by atoms with E-state index < -0.39 is 17.9 Å². The first-order valence-electron chi connectivity index (χ1n) is 8.13. The number of urea groups is 1. The molecule has 0 aromatic carbocycles. The van der Waals surface area contributed by atoms with E-state index in [2.05, 4.69) is 30.9 Å². The van der Waals surface area contributed by atoms with Crippen LogP contribution in [0.3, 0.4) is 0 Å². The number of amides is 2. The van der Waals surface area contributed by atoms with E-state index in [-0.39, 0.29) is 17.8 Å². The molecular formula is C17H16F3N7O. The topological polar surface area (TPSA) is 97.6 Å². The molecule has 0 saturated carbocycles. The van der Waals surface area contributed by atoms with Crippen LogP contribution in [-0.4, -0.2) is 31.0 Å². The van der Waals surface area contributed by atoms with Crippen LogP contribution in [0.2, 0.25) is 0 Å². The summed E-state index contributed by atoms with van der Waals surface area (Å²) in [6, 6.07) is 4.37. The van der Waals surface area contributed by atoms with Gasteiger partial charge in [-0.15, -0.1) is 5.10 Å². The molecule has 0 spiro atoms. The van der Waals surface area contributed by atoms with Crippen LogP contribution in [0.4, 0.5) is 23.7 Å². The molecule has 11 heteroatoms. The van der Waals surface area contributed by atoms with Gasteiger partial charge >= 0.3 is 12.2 Å². The normalized spacial score (nSPS) is 11.3. The van der Waals surface area contributed by atoms with Crippen LogP contribution < -0.4 is 10.6 Å². The maximum atomic E-state index is 13.2. The second kappa shape index (κ2) is 7.62. The first kappa shape index (κ1) is 19.3. The SMILES string of the molecule is Cc1cc(CNC(=O)Nc2ccncc2)nnc1-c1cn(C)nc1C(F)(F)F. The Hall–Kier alpha value is -3.50. The first-order chi connectivity index (χ1) is 13.2. The van der Waals surface area contributed by atoms with Gasteiger partial charge < -0.3 is 10.6 Å². The number of hydrogen-bond donors (Lipinski definition) is 2. The van der Waals surface area contributed by atoms with E-state index in [1.54, 1.807) is 25.1 Å². The second-order valence-corrected chi connectivity index (χ2v) is 5.97. The van der Waals surface area contributed by atoms with Gasteiger partial charge in [0.05, 0.1) is 23.5 Å². The lowest BCUT2D eigenvalue weighted by Gasteiger charge is -2.10. The number of carbonyl (C=O) groups is 1. The van der Waals surface area contributed by atoms with E-state index >= 15 is 0 Å². The Labute approximate surface area is 157 Å². The second-order valence-electron chi connectivity index (χ2n) is 5.97. The number of aromatic nitrogens is 5. The maximum Gasteiger partial charge on any atom is 0.435 e. The van der Waals surface area contributed by atoms with Crippen molar-refractivity contribution in [2.45, 2.75) is 19.6 Å². The lowest BCUT2D eigenvalue weighted by Crippen LogP contribution is -2.28. The number of rotatable bonds is 4. The van der Waals surface area contributed by atoms with Gasteiger partial charge in [-0.1, -0.05) is 0 Å². The summed E-state index contributed by atoms with van der Waals surface area (Å²) < 4.78 is 40.6. The van der Waals surface area contributed by atoms with Gasteiger partial charge in [-0.3, -0.25) is 9.67 Å². The van der Waals surface area contributed by atoms with Gasteiger partial charge in [-0.2, -0.15) is 23.4 Å². The highest BCUT2D eigenvalue weighted by Gasteiger charge is 2.38. The Morgan fingerprint density at radius 3 is 2.57 bits per heavy atom. The number of hydrogen-bond acceptors (Lipinski definition) is 5. The third-order valence-corrected chi connectivity index (χ3v) is 3.76. The smallest absolute Gasteiger partial charge is 0.332 e. The minimum absolute atomic E-state index is 0.0597. The molecule has 0 aliphatic rings. The molecule has 2 N–H and O–H groups in total. The predicted molar refractivity (Wildman–Crippen MR) is 94.1 cm³/mol. The number of anilines is 1. The van der Waals surface area contributed by atoms with E-state index in [1.165, 1.54) is 25.6 Å². The minimum atomic E-state index is -4.60. The van der Waals surface area contributed by atoms with Crippen molar-refractivity contribution in [3.63, 3.8) is 0 Å². The van der Waals surface area contributed by atoms with Crippen LogP contribution in [0, 0.1) is 6.92 Å². The van der Waals surface area contributed by atoms with E-state index in [1.807, 2.05) is 0 Å². The van der Waals surface area contributed by atoms with Gasteiger partial charge in [0.25, 0.3) is 0 Å². The lowest BCUT2D eigenvalue weighted by atomic mass is 10.1. The highest BCUT2D eigenvalue weighted by molar-refractivity contribution is 5.88. The molecule has 28 heavy (non-hydrogen) atoms. The molecule has 8 nitrogen and oxygen atoms in total. The van der Waals surface area contributed by atoms with Crippen LogP contribution in [0.15, 0.2) is 36.8 Å². The van der Waals surface area contributed by atoms with Crippen molar-refractivity contribution < 1.29 is 18.0 Å². The molecular weight excluding hydrogens is 375 g/mol. The van der Waals surface area contributed by atoms with Gasteiger partial charge in [-0.05, 0) is 30.7 Å². The highest BCUT2D eigenvalue weighted by atomic mass is 19.4. The number of halogens is 3. The van der Waals surface area contributed by atoms with Crippen LogP contribution in [-0.2, 0) is 19.8 Å². The third-order valence-electron chi connectivity index (χ3n) is 3.76. The molecule has 3 aromatic heterocycles. The summed E-state index contributed by atoms with van der Waals surface area (Å²) >= 11 is 0. The average Bonchev–Trinajstić information content (AvgIpc) is 3.03. The molecule has 3 heterocycles. The number of nitrogens with zero attached hydrogens (tertiary/aromatic N) is 5. The van der Waals surface area contributed by atoms with E-state index in [9.17, 15) is 18.0 Å². The fourth-order valence-corrected chi connectivity index (χ4v) is 2.55. The van der Waals surface area contributed by atoms with Crippen LogP contribution in [0.5, 0.6) is 0 Å². The van der Waals surface area contributed by atoms with Crippen molar-refractivity contribution in [1.29, 1.82) is 0 Å². The number of pyridine rings is 1. The van der Waals surface area contributed by atoms with Gasteiger partial charge in [0.1, 0.15) is 0 Å². The molecule has 3 aromatic rings. The molecule has 0 aliphatic heterocycles. The molecule has 0 saturated heterocycles. The third kappa shape index (κ3) is 4.42. The first-order valence-corrected chi connectivity index (χ1v) is 8.13. The predicted octanol–water partition coefficient (Wildman–Crippen LogP) is 2.92. The molecule has 0 fully saturated rings.